The van der Waals surface area contributed by atoms with Crippen molar-refractivity contribution in [2.45, 2.75) is 44.7 Å². The molecule has 4 heteroatoms. The number of amides is 1. The topological polar surface area (TPSA) is 55.6 Å². The molecular weight excluding hydrogens is 192 g/mol. The maximum absolute atomic E-state index is 12.0. The maximum Gasteiger partial charge on any atom is 0.239 e. The Morgan fingerprint density at radius 2 is 2.27 bits per heavy atom. The SMILES string of the molecule is CCC[C@@H](N)C(=O)N(CCOC)C1CC1. The van der Waals surface area contributed by atoms with Crippen LogP contribution in [0.4, 0.5) is 0 Å². The van der Waals surface area contributed by atoms with E-state index < -0.39 is 0 Å². The van der Waals surface area contributed by atoms with E-state index in [1.807, 2.05) is 11.8 Å². The molecule has 1 rings (SSSR count). The van der Waals surface area contributed by atoms with Crippen LogP contribution < -0.4 is 5.73 Å². The van der Waals surface area contributed by atoms with Crippen LogP contribution in [-0.4, -0.2) is 43.2 Å². The molecule has 1 fully saturated rings. The van der Waals surface area contributed by atoms with E-state index in [0.717, 1.165) is 25.7 Å². The van der Waals surface area contributed by atoms with Crippen molar-refractivity contribution in [1.82, 2.24) is 4.90 Å². The Hall–Kier alpha value is -0.610. The van der Waals surface area contributed by atoms with Crippen molar-refractivity contribution in [1.29, 1.82) is 0 Å². The molecule has 0 saturated heterocycles. The van der Waals surface area contributed by atoms with E-state index in [9.17, 15) is 4.79 Å². The second kappa shape index (κ2) is 6.08. The van der Waals surface area contributed by atoms with Gasteiger partial charge in [0.05, 0.1) is 12.6 Å². The van der Waals surface area contributed by atoms with Gasteiger partial charge in [-0.2, -0.15) is 0 Å². The van der Waals surface area contributed by atoms with Gasteiger partial charge in [0, 0.05) is 19.7 Å². The summed E-state index contributed by atoms with van der Waals surface area (Å²) in [5.74, 6) is 0.0939. The fourth-order valence-electron chi connectivity index (χ4n) is 1.70. The lowest BCUT2D eigenvalue weighted by atomic mass is 10.1. The third-order valence-corrected chi connectivity index (χ3v) is 2.72. The Morgan fingerprint density at radius 3 is 2.73 bits per heavy atom. The van der Waals surface area contributed by atoms with Gasteiger partial charge in [0.2, 0.25) is 5.91 Å². The predicted molar refractivity (Wildman–Crippen MR) is 59.5 cm³/mol. The molecule has 0 spiro atoms. The Kier molecular flexibility index (Phi) is 5.05. The van der Waals surface area contributed by atoms with Crippen LogP contribution in [0.3, 0.4) is 0 Å². The zero-order valence-corrected chi connectivity index (χ0v) is 9.74. The first kappa shape index (κ1) is 12.5. The molecule has 15 heavy (non-hydrogen) atoms. The Bertz CT molecular complexity index is 205. The van der Waals surface area contributed by atoms with E-state index in [4.69, 9.17) is 10.5 Å². The lowest BCUT2D eigenvalue weighted by molar-refractivity contribution is -0.134. The summed E-state index contributed by atoms with van der Waals surface area (Å²) in [6, 6.07) is 0.100. The highest BCUT2D eigenvalue weighted by molar-refractivity contribution is 5.82. The molecular formula is C11H22N2O2. The molecule has 1 aliphatic carbocycles. The largest absolute Gasteiger partial charge is 0.383 e. The van der Waals surface area contributed by atoms with Crippen LogP contribution in [0.1, 0.15) is 32.6 Å². The van der Waals surface area contributed by atoms with E-state index >= 15 is 0 Å². The van der Waals surface area contributed by atoms with E-state index in [2.05, 4.69) is 0 Å². The number of hydrogen-bond donors (Lipinski definition) is 1. The van der Waals surface area contributed by atoms with Gasteiger partial charge in [-0.05, 0) is 19.3 Å². The van der Waals surface area contributed by atoms with E-state index in [1.165, 1.54) is 0 Å². The van der Waals surface area contributed by atoms with Gasteiger partial charge >= 0.3 is 0 Å². The molecule has 0 aromatic carbocycles. The summed E-state index contributed by atoms with van der Waals surface area (Å²) >= 11 is 0. The first-order valence-electron chi connectivity index (χ1n) is 5.75. The van der Waals surface area contributed by atoms with Gasteiger partial charge in [0.15, 0.2) is 0 Å². The van der Waals surface area contributed by atoms with Crippen LogP contribution in [0, 0.1) is 0 Å². The fourth-order valence-corrected chi connectivity index (χ4v) is 1.70. The van der Waals surface area contributed by atoms with Crippen LogP contribution in [0.15, 0.2) is 0 Å². The quantitative estimate of drug-likeness (QED) is 0.680. The fraction of sp³-hybridized carbons (Fsp3) is 0.909. The molecule has 0 heterocycles. The van der Waals surface area contributed by atoms with Crippen LogP contribution in [0.5, 0.6) is 0 Å². The molecule has 0 aromatic rings. The second-order valence-electron chi connectivity index (χ2n) is 4.15. The predicted octanol–water partition coefficient (Wildman–Crippen LogP) is 0.751. The van der Waals surface area contributed by atoms with E-state index in [1.54, 1.807) is 7.11 Å². The lowest BCUT2D eigenvalue weighted by Crippen LogP contribution is -2.46. The van der Waals surface area contributed by atoms with Gasteiger partial charge in [-0.15, -0.1) is 0 Å². The number of hydrogen-bond acceptors (Lipinski definition) is 3. The summed E-state index contributed by atoms with van der Waals surface area (Å²) in [7, 11) is 1.65. The van der Waals surface area contributed by atoms with Gasteiger partial charge in [0.1, 0.15) is 0 Å². The first-order chi connectivity index (χ1) is 7.20. The zero-order valence-electron chi connectivity index (χ0n) is 9.74. The standard InChI is InChI=1S/C11H22N2O2/c1-3-4-10(12)11(14)13(7-8-15-2)9-5-6-9/h9-10H,3-8,12H2,1-2H3/t10-/m1/s1. The summed E-state index contributed by atoms with van der Waals surface area (Å²) in [5.41, 5.74) is 5.83. The van der Waals surface area contributed by atoms with Crippen LogP contribution in [0.25, 0.3) is 0 Å². The number of carbonyl (C=O) groups is 1. The molecule has 1 saturated carbocycles. The normalized spacial score (nSPS) is 17.5. The third kappa shape index (κ3) is 3.80. The molecule has 1 amide bonds. The summed E-state index contributed by atoms with van der Waals surface area (Å²) in [6.07, 6.45) is 3.97. The van der Waals surface area contributed by atoms with Crippen molar-refractivity contribution in [3.63, 3.8) is 0 Å². The van der Waals surface area contributed by atoms with Crippen molar-refractivity contribution < 1.29 is 9.53 Å². The second-order valence-corrected chi connectivity index (χ2v) is 4.15. The van der Waals surface area contributed by atoms with Crippen molar-refractivity contribution in [2.24, 2.45) is 5.73 Å². The molecule has 2 N–H and O–H groups in total. The number of rotatable bonds is 7. The number of nitrogens with zero attached hydrogens (tertiary/aromatic N) is 1. The first-order valence-corrected chi connectivity index (χ1v) is 5.75. The van der Waals surface area contributed by atoms with Crippen LogP contribution in [-0.2, 0) is 9.53 Å². The third-order valence-electron chi connectivity index (χ3n) is 2.72. The van der Waals surface area contributed by atoms with Crippen molar-refractivity contribution in [2.75, 3.05) is 20.3 Å². The van der Waals surface area contributed by atoms with Gasteiger partial charge < -0.3 is 15.4 Å². The molecule has 0 bridgehead atoms. The van der Waals surface area contributed by atoms with Gasteiger partial charge in [-0.1, -0.05) is 13.3 Å². The highest BCUT2D eigenvalue weighted by Gasteiger charge is 2.33. The highest BCUT2D eigenvalue weighted by Crippen LogP contribution is 2.27. The molecule has 0 aliphatic heterocycles. The van der Waals surface area contributed by atoms with Gasteiger partial charge in [-0.25, -0.2) is 0 Å². The zero-order chi connectivity index (χ0) is 11.3. The Labute approximate surface area is 91.8 Å². The minimum absolute atomic E-state index is 0.0939. The minimum atomic E-state index is -0.326. The number of nitrogens with two attached hydrogens (primary N) is 1. The maximum atomic E-state index is 12.0. The van der Waals surface area contributed by atoms with Gasteiger partial charge in [-0.3, -0.25) is 4.79 Å². The molecule has 1 atom stereocenters. The number of ether oxygens (including phenoxy) is 1. The molecule has 88 valence electrons. The smallest absolute Gasteiger partial charge is 0.239 e. The molecule has 0 aromatic heterocycles. The van der Waals surface area contributed by atoms with Crippen LogP contribution >= 0.6 is 0 Å². The number of methoxy groups -OCH3 is 1. The summed E-state index contributed by atoms with van der Waals surface area (Å²) in [6.45, 7) is 3.32. The lowest BCUT2D eigenvalue weighted by Gasteiger charge is -2.25. The highest BCUT2D eigenvalue weighted by atomic mass is 16.5. The van der Waals surface area contributed by atoms with Crippen LogP contribution in [0.2, 0.25) is 0 Å². The van der Waals surface area contributed by atoms with E-state index in [-0.39, 0.29) is 11.9 Å². The Balaban J connectivity index is 2.43. The average Bonchev–Trinajstić information content (AvgIpc) is 3.02. The summed E-state index contributed by atoms with van der Waals surface area (Å²) < 4.78 is 5.01. The minimum Gasteiger partial charge on any atom is -0.383 e. The molecule has 4 nitrogen and oxygen atoms in total. The molecule has 0 unspecified atom stereocenters. The Morgan fingerprint density at radius 1 is 1.60 bits per heavy atom. The summed E-state index contributed by atoms with van der Waals surface area (Å²) in [5, 5.41) is 0. The van der Waals surface area contributed by atoms with Crippen molar-refractivity contribution in [3.8, 4) is 0 Å². The van der Waals surface area contributed by atoms with E-state index in [0.29, 0.717) is 19.2 Å². The monoisotopic (exact) mass is 214 g/mol. The van der Waals surface area contributed by atoms with Gasteiger partial charge in [0.25, 0.3) is 0 Å². The summed E-state index contributed by atoms with van der Waals surface area (Å²) in [4.78, 5) is 13.9. The van der Waals surface area contributed by atoms with Crippen molar-refractivity contribution in [3.05, 3.63) is 0 Å². The number of carbonyl (C=O) groups excluding carboxylic acids is 1. The average molecular weight is 214 g/mol. The molecule has 0 radical (unpaired) electrons. The van der Waals surface area contributed by atoms with Crippen molar-refractivity contribution >= 4 is 5.91 Å². The molecule has 1 aliphatic rings.